The molecule has 0 aromatic carbocycles. The zero-order valence-corrected chi connectivity index (χ0v) is 37.5. The Hall–Kier alpha value is -1.25. The van der Waals surface area contributed by atoms with E-state index in [1.807, 2.05) is 6.08 Å². The molecule has 0 fully saturated rings. The number of unbranched alkanes of at least 4 members (excludes halogenated alkanes) is 30. The van der Waals surface area contributed by atoms with Gasteiger partial charge in [-0.15, -0.1) is 0 Å². The van der Waals surface area contributed by atoms with Crippen LogP contribution in [0.4, 0.5) is 0 Å². The maximum absolute atomic E-state index is 12.6. The van der Waals surface area contributed by atoms with Gasteiger partial charge in [0.2, 0.25) is 0 Å². The van der Waals surface area contributed by atoms with E-state index in [4.69, 9.17) is 24.3 Å². The van der Waals surface area contributed by atoms with Crippen LogP contribution in [0.15, 0.2) is 12.2 Å². The van der Waals surface area contributed by atoms with Gasteiger partial charge in [-0.1, -0.05) is 212 Å². The number of phosphoric acid groups is 1. The van der Waals surface area contributed by atoms with Crippen LogP contribution in [-0.4, -0.2) is 49.3 Å². The summed E-state index contributed by atoms with van der Waals surface area (Å²) in [4.78, 5) is 34.9. The summed E-state index contributed by atoms with van der Waals surface area (Å²) in [7, 11) is -4.38. The van der Waals surface area contributed by atoms with E-state index in [9.17, 15) is 19.0 Å². The van der Waals surface area contributed by atoms with Gasteiger partial charge in [0.05, 0.1) is 13.2 Å². The lowest BCUT2D eigenvalue weighted by molar-refractivity contribution is -0.161. The average Bonchev–Trinajstić information content (AvgIpc) is 3.18. The highest BCUT2D eigenvalue weighted by Crippen LogP contribution is 2.43. The molecular weight excluding hydrogens is 725 g/mol. The number of allylic oxidation sites excluding steroid dienone is 2. The molecular formula is C46H90NO8P. The summed E-state index contributed by atoms with van der Waals surface area (Å²) in [5.41, 5.74) is 5.35. The second kappa shape index (κ2) is 43.3. The van der Waals surface area contributed by atoms with Crippen molar-refractivity contribution in [2.75, 3.05) is 26.4 Å². The van der Waals surface area contributed by atoms with Crippen molar-refractivity contribution in [1.82, 2.24) is 0 Å². The zero-order chi connectivity index (χ0) is 41.1. The minimum absolute atomic E-state index is 0.0527. The lowest BCUT2D eigenvalue weighted by Gasteiger charge is -2.19. The van der Waals surface area contributed by atoms with Crippen molar-refractivity contribution in [2.24, 2.45) is 5.73 Å². The van der Waals surface area contributed by atoms with Gasteiger partial charge >= 0.3 is 19.8 Å². The number of rotatable bonds is 45. The summed E-state index contributed by atoms with van der Waals surface area (Å²) >= 11 is 0. The molecule has 332 valence electrons. The Labute approximate surface area is 345 Å². The van der Waals surface area contributed by atoms with Crippen molar-refractivity contribution < 1.29 is 37.6 Å². The van der Waals surface area contributed by atoms with Gasteiger partial charge in [0, 0.05) is 19.4 Å². The predicted molar refractivity (Wildman–Crippen MR) is 234 cm³/mol. The van der Waals surface area contributed by atoms with Crippen LogP contribution in [0.2, 0.25) is 0 Å². The molecule has 10 heteroatoms. The molecule has 0 aliphatic carbocycles. The second-order valence-corrected chi connectivity index (χ2v) is 17.4. The van der Waals surface area contributed by atoms with Gasteiger partial charge in [0.25, 0.3) is 0 Å². The third-order valence-corrected chi connectivity index (χ3v) is 11.4. The van der Waals surface area contributed by atoms with Crippen molar-refractivity contribution in [3.05, 3.63) is 12.2 Å². The molecule has 0 aliphatic rings. The molecule has 0 aliphatic heterocycles. The zero-order valence-electron chi connectivity index (χ0n) is 36.6. The summed E-state index contributed by atoms with van der Waals surface area (Å²) in [5.74, 6) is -0.871. The Morgan fingerprint density at radius 1 is 0.518 bits per heavy atom. The van der Waals surface area contributed by atoms with E-state index < -0.39 is 32.5 Å². The fourth-order valence-electron chi connectivity index (χ4n) is 6.89. The number of hydrogen-bond donors (Lipinski definition) is 2. The van der Waals surface area contributed by atoms with Crippen molar-refractivity contribution >= 4 is 19.8 Å². The van der Waals surface area contributed by atoms with Gasteiger partial charge in [0.15, 0.2) is 6.10 Å². The Bertz CT molecular complexity index is 933. The molecule has 2 atom stereocenters. The first-order valence-corrected chi connectivity index (χ1v) is 25.2. The van der Waals surface area contributed by atoms with Crippen LogP contribution < -0.4 is 5.73 Å². The van der Waals surface area contributed by atoms with Gasteiger partial charge in [-0.2, -0.15) is 0 Å². The topological polar surface area (TPSA) is 134 Å². The SMILES string of the molecule is CCCCCCCCCCCCC/C=C/CCC(=O)OC[C@H](COP(=O)(O)OCCN)OC(=O)CCCCCCCCCCCCCCCCCCCCCC. The first kappa shape index (κ1) is 54.8. The third kappa shape index (κ3) is 42.4. The molecule has 56 heavy (non-hydrogen) atoms. The maximum atomic E-state index is 12.6. The first-order chi connectivity index (χ1) is 27.3. The molecule has 0 bridgehead atoms. The average molecular weight is 816 g/mol. The van der Waals surface area contributed by atoms with Gasteiger partial charge in [-0.3, -0.25) is 18.6 Å². The van der Waals surface area contributed by atoms with Crippen molar-refractivity contribution in [3.63, 3.8) is 0 Å². The monoisotopic (exact) mass is 816 g/mol. The summed E-state index contributed by atoms with van der Waals surface area (Å²) in [6.07, 6.45) is 45.4. The van der Waals surface area contributed by atoms with Gasteiger partial charge < -0.3 is 20.1 Å². The number of nitrogens with two attached hydrogens (primary N) is 1. The van der Waals surface area contributed by atoms with E-state index in [0.717, 1.165) is 25.7 Å². The molecule has 0 saturated carbocycles. The van der Waals surface area contributed by atoms with Crippen LogP contribution in [0.25, 0.3) is 0 Å². The van der Waals surface area contributed by atoms with E-state index in [1.165, 1.54) is 173 Å². The quantitative estimate of drug-likeness (QED) is 0.0266. The van der Waals surface area contributed by atoms with E-state index in [1.54, 1.807) is 0 Å². The molecule has 0 aromatic heterocycles. The summed E-state index contributed by atoms with van der Waals surface area (Å²) in [6, 6.07) is 0. The molecule has 9 nitrogen and oxygen atoms in total. The van der Waals surface area contributed by atoms with E-state index >= 15 is 0 Å². The van der Waals surface area contributed by atoms with Gasteiger partial charge in [-0.05, 0) is 25.7 Å². The van der Waals surface area contributed by atoms with Crippen LogP contribution in [0, 0.1) is 0 Å². The Morgan fingerprint density at radius 2 is 0.911 bits per heavy atom. The van der Waals surface area contributed by atoms with Crippen LogP contribution in [0.1, 0.15) is 239 Å². The molecule has 0 heterocycles. The van der Waals surface area contributed by atoms with Gasteiger partial charge in [0.1, 0.15) is 6.61 Å². The third-order valence-electron chi connectivity index (χ3n) is 10.4. The van der Waals surface area contributed by atoms with Crippen LogP contribution >= 0.6 is 7.82 Å². The largest absolute Gasteiger partial charge is 0.472 e. The molecule has 1 unspecified atom stereocenters. The van der Waals surface area contributed by atoms with Crippen molar-refractivity contribution in [3.8, 4) is 0 Å². The molecule has 0 spiro atoms. The molecule has 0 amide bonds. The number of phosphoric ester groups is 1. The van der Waals surface area contributed by atoms with Crippen LogP contribution in [0.5, 0.6) is 0 Å². The molecule has 0 radical (unpaired) electrons. The Balaban J connectivity index is 4.08. The normalized spacial score (nSPS) is 13.3. The highest BCUT2D eigenvalue weighted by atomic mass is 31.2. The number of carbonyl (C=O) groups excluding carboxylic acids is 2. The van der Waals surface area contributed by atoms with E-state index in [0.29, 0.717) is 12.8 Å². The minimum atomic E-state index is -4.38. The summed E-state index contributed by atoms with van der Waals surface area (Å²) in [6.45, 7) is 3.74. The van der Waals surface area contributed by atoms with Crippen LogP contribution in [-0.2, 0) is 32.7 Å². The Kier molecular flexibility index (Phi) is 42.4. The first-order valence-electron chi connectivity index (χ1n) is 23.7. The summed E-state index contributed by atoms with van der Waals surface area (Å²) in [5, 5.41) is 0. The highest BCUT2D eigenvalue weighted by molar-refractivity contribution is 7.47. The lowest BCUT2D eigenvalue weighted by atomic mass is 10.0. The second-order valence-electron chi connectivity index (χ2n) is 16.0. The number of carbonyl (C=O) groups is 2. The fraction of sp³-hybridized carbons (Fsp3) is 0.913. The van der Waals surface area contributed by atoms with Crippen LogP contribution in [0.3, 0.4) is 0 Å². The summed E-state index contributed by atoms with van der Waals surface area (Å²) < 4.78 is 32.8. The number of esters is 2. The molecule has 3 N–H and O–H groups in total. The molecule has 0 saturated heterocycles. The minimum Gasteiger partial charge on any atom is -0.462 e. The molecule has 0 aromatic rings. The Morgan fingerprint density at radius 3 is 1.34 bits per heavy atom. The predicted octanol–water partition coefficient (Wildman–Crippen LogP) is 13.8. The van der Waals surface area contributed by atoms with E-state index in [2.05, 4.69) is 19.9 Å². The van der Waals surface area contributed by atoms with Crippen molar-refractivity contribution in [1.29, 1.82) is 0 Å². The van der Waals surface area contributed by atoms with Crippen molar-refractivity contribution in [2.45, 2.75) is 245 Å². The maximum Gasteiger partial charge on any atom is 0.472 e. The smallest absolute Gasteiger partial charge is 0.462 e. The number of ether oxygens (including phenoxy) is 2. The van der Waals surface area contributed by atoms with E-state index in [-0.39, 0.29) is 32.6 Å². The number of hydrogen-bond acceptors (Lipinski definition) is 8. The van der Waals surface area contributed by atoms with Gasteiger partial charge in [-0.25, -0.2) is 4.57 Å². The lowest BCUT2D eigenvalue weighted by Crippen LogP contribution is -2.29. The highest BCUT2D eigenvalue weighted by Gasteiger charge is 2.26. The fourth-order valence-corrected chi connectivity index (χ4v) is 7.65. The standard InChI is InChI=1S/C46H90NO8P/c1-3-5-7-9-11-13-15-17-19-20-21-22-23-25-27-29-31-33-35-37-39-46(49)55-44(43-54-56(50,51)53-41-40-47)42-52-45(48)38-36-34-32-30-28-26-24-18-16-14-12-10-8-6-4-2/h32,34,44H,3-31,33,35-43,47H2,1-2H3,(H,50,51)/b34-32+/t44-/m1/s1. The molecule has 0 rings (SSSR count).